The summed E-state index contributed by atoms with van der Waals surface area (Å²) in [6, 6.07) is 3.61. The molecule has 1 rings (SSSR count). The molecule has 0 heterocycles. The topological polar surface area (TPSA) is 101 Å². The van der Waals surface area contributed by atoms with Crippen molar-refractivity contribution in [2.45, 2.75) is 58.2 Å². The van der Waals surface area contributed by atoms with E-state index < -0.39 is 16.6 Å². The molecule has 0 aliphatic rings. The first kappa shape index (κ1) is 19.9. The summed E-state index contributed by atoms with van der Waals surface area (Å²) in [4.78, 5) is 0. The van der Waals surface area contributed by atoms with Crippen molar-refractivity contribution in [3.63, 3.8) is 0 Å². The second kappa shape index (κ2) is 5.95. The zero-order valence-corrected chi connectivity index (χ0v) is 15.8. The Morgan fingerprint density at radius 1 is 0.750 bits per heavy atom. The van der Waals surface area contributed by atoms with Gasteiger partial charge in [0.15, 0.2) is 0 Å². The molecule has 20 heavy (non-hydrogen) atoms. The van der Waals surface area contributed by atoms with Gasteiger partial charge >= 0.3 is 29.6 Å². The van der Waals surface area contributed by atoms with Gasteiger partial charge in [-0.25, -0.2) is 0 Å². The molecule has 0 saturated carbocycles. The van der Waals surface area contributed by atoms with E-state index in [1.807, 2.05) is 41.5 Å². The molecular weight excluding hydrogens is 261 g/mol. The van der Waals surface area contributed by atoms with Gasteiger partial charge in [0.05, 0.1) is 0 Å². The summed E-state index contributed by atoms with van der Waals surface area (Å²) in [6.07, 6.45) is 0. The first-order chi connectivity index (χ1) is 8.24. The van der Waals surface area contributed by atoms with Gasteiger partial charge in [0.25, 0.3) is 0 Å². The quantitative estimate of drug-likeness (QED) is 0.580. The van der Waals surface area contributed by atoms with Gasteiger partial charge < -0.3 is 22.3 Å². The van der Waals surface area contributed by atoms with Crippen LogP contribution >= 0.6 is 0 Å². The van der Waals surface area contributed by atoms with Gasteiger partial charge in [0, 0.05) is 16.6 Å². The minimum Gasteiger partial charge on any atom is -0.872 e. The van der Waals surface area contributed by atoms with Gasteiger partial charge in [-0.1, -0.05) is 17.9 Å². The number of hydrogen-bond donors (Lipinski definition) is 3. The maximum atomic E-state index is 12.5. The minimum absolute atomic E-state index is 0. The molecule has 0 amide bonds. The molecule has 0 bridgehead atoms. The van der Waals surface area contributed by atoms with E-state index >= 15 is 0 Å². The molecule has 0 fully saturated rings. The number of hydrogen-bond acceptors (Lipinski definition) is 4. The summed E-state index contributed by atoms with van der Waals surface area (Å²) >= 11 is 0. The van der Waals surface area contributed by atoms with E-state index in [4.69, 9.17) is 17.2 Å². The minimum atomic E-state index is -0.724. The van der Waals surface area contributed by atoms with Crippen LogP contribution in [0.3, 0.4) is 0 Å². The Morgan fingerprint density at radius 3 is 1.25 bits per heavy atom. The fraction of sp³-hybridized carbons (Fsp3) is 0.600. The van der Waals surface area contributed by atoms with E-state index in [2.05, 4.69) is 0 Å². The molecule has 4 nitrogen and oxygen atoms in total. The third-order valence-corrected chi connectivity index (χ3v) is 3.22. The second-order valence-corrected chi connectivity index (χ2v) is 7.07. The van der Waals surface area contributed by atoms with Crippen molar-refractivity contribution in [3.05, 3.63) is 28.8 Å². The van der Waals surface area contributed by atoms with Crippen LogP contribution < -0.4 is 51.9 Å². The molecule has 1 aromatic carbocycles. The van der Waals surface area contributed by atoms with Crippen molar-refractivity contribution in [3.8, 4) is 5.75 Å². The Labute approximate surface area is 144 Å². The third-order valence-electron chi connectivity index (χ3n) is 3.22. The Morgan fingerprint density at radius 2 is 1.05 bits per heavy atom. The third kappa shape index (κ3) is 4.45. The largest absolute Gasteiger partial charge is 1.00 e. The monoisotopic (exact) mass is 287 g/mol. The van der Waals surface area contributed by atoms with Crippen LogP contribution in [0.4, 0.5) is 0 Å². The van der Waals surface area contributed by atoms with Crippen molar-refractivity contribution in [1.82, 2.24) is 0 Å². The summed E-state index contributed by atoms with van der Waals surface area (Å²) in [7, 11) is 0. The van der Waals surface area contributed by atoms with Crippen molar-refractivity contribution < 1.29 is 34.7 Å². The van der Waals surface area contributed by atoms with Crippen LogP contribution in [-0.4, -0.2) is 0 Å². The van der Waals surface area contributed by atoms with Gasteiger partial charge in [-0.15, -0.1) is 0 Å². The predicted octanol–water partition coefficient (Wildman–Crippen LogP) is -1.65. The Bertz CT molecular complexity index is 444. The summed E-state index contributed by atoms with van der Waals surface area (Å²) in [5.41, 5.74) is 18.3. The van der Waals surface area contributed by atoms with Crippen LogP contribution in [0.5, 0.6) is 5.75 Å². The van der Waals surface area contributed by atoms with Gasteiger partial charge in [-0.2, -0.15) is 0 Å². The molecule has 0 spiro atoms. The molecule has 6 N–H and O–H groups in total. The average Bonchev–Trinajstić information content (AvgIpc) is 2.11. The fourth-order valence-corrected chi connectivity index (χ4v) is 1.96. The summed E-state index contributed by atoms with van der Waals surface area (Å²) in [5, 5.41) is 12.5. The zero-order chi connectivity index (χ0) is 15.2. The van der Waals surface area contributed by atoms with E-state index in [9.17, 15) is 5.11 Å². The van der Waals surface area contributed by atoms with E-state index in [-0.39, 0.29) is 35.3 Å². The SMILES string of the molecule is CC(C)(N)c1cc(C(C)(C)N)c([O-])c(C(C)(C)N)c1.[Na+]. The van der Waals surface area contributed by atoms with Crippen molar-refractivity contribution >= 4 is 0 Å². The van der Waals surface area contributed by atoms with Crippen molar-refractivity contribution in [2.24, 2.45) is 17.2 Å². The number of benzene rings is 1. The second-order valence-electron chi connectivity index (χ2n) is 7.07. The van der Waals surface area contributed by atoms with Crippen LogP contribution in [0.25, 0.3) is 0 Å². The van der Waals surface area contributed by atoms with E-state index in [1.54, 1.807) is 12.1 Å². The van der Waals surface area contributed by atoms with Gasteiger partial charge in [-0.05, 0) is 58.2 Å². The van der Waals surface area contributed by atoms with Gasteiger partial charge in [-0.3, -0.25) is 0 Å². The summed E-state index contributed by atoms with van der Waals surface area (Å²) in [5.74, 6) is -0.0898. The van der Waals surface area contributed by atoms with E-state index in [0.29, 0.717) is 11.1 Å². The number of rotatable bonds is 3. The van der Waals surface area contributed by atoms with Gasteiger partial charge in [0.2, 0.25) is 0 Å². The molecule has 1 aromatic rings. The molecule has 5 heteroatoms. The van der Waals surface area contributed by atoms with Crippen molar-refractivity contribution in [2.75, 3.05) is 0 Å². The molecular formula is C15H26N3NaO. The van der Waals surface area contributed by atoms with Crippen LogP contribution in [0, 0.1) is 0 Å². The van der Waals surface area contributed by atoms with Gasteiger partial charge in [0.1, 0.15) is 0 Å². The summed E-state index contributed by atoms with van der Waals surface area (Å²) < 4.78 is 0. The molecule has 0 unspecified atom stereocenters. The number of nitrogens with two attached hydrogens (primary N) is 3. The molecule has 0 aliphatic heterocycles. The summed E-state index contributed by atoms with van der Waals surface area (Å²) in [6.45, 7) is 11.0. The standard InChI is InChI=1S/C15H27N3O.Na/c1-13(2,16)9-7-10(14(3,4)17)12(19)11(8-9)15(5,6)18;/h7-8,19H,16-18H2,1-6H3;/q;+1/p-1. The maximum absolute atomic E-state index is 12.5. The Kier molecular flexibility index (Phi) is 5.92. The fourth-order valence-electron chi connectivity index (χ4n) is 1.96. The average molecular weight is 287 g/mol. The first-order valence-corrected chi connectivity index (χ1v) is 6.47. The zero-order valence-electron chi connectivity index (χ0n) is 13.8. The van der Waals surface area contributed by atoms with Crippen LogP contribution in [0.15, 0.2) is 12.1 Å². The molecule has 0 radical (unpaired) electrons. The Hall–Kier alpha value is -0.100. The molecule has 0 saturated heterocycles. The van der Waals surface area contributed by atoms with Crippen LogP contribution in [-0.2, 0) is 16.6 Å². The maximum Gasteiger partial charge on any atom is 1.00 e. The van der Waals surface area contributed by atoms with E-state index in [1.165, 1.54) is 0 Å². The molecule has 0 aromatic heterocycles. The van der Waals surface area contributed by atoms with E-state index in [0.717, 1.165) is 5.56 Å². The Balaban J connectivity index is 0.00000361. The molecule has 108 valence electrons. The molecule has 0 atom stereocenters. The van der Waals surface area contributed by atoms with Crippen LogP contribution in [0.1, 0.15) is 58.2 Å². The predicted molar refractivity (Wildman–Crippen MR) is 77.5 cm³/mol. The molecule has 0 aliphatic carbocycles. The van der Waals surface area contributed by atoms with Crippen molar-refractivity contribution in [1.29, 1.82) is 0 Å². The normalized spacial score (nSPS) is 13.1. The van der Waals surface area contributed by atoms with Crippen LogP contribution in [0.2, 0.25) is 0 Å². The first-order valence-electron chi connectivity index (χ1n) is 6.47. The smallest absolute Gasteiger partial charge is 0.872 e.